The van der Waals surface area contributed by atoms with E-state index in [2.05, 4.69) is 5.32 Å². The van der Waals surface area contributed by atoms with E-state index >= 15 is 0 Å². The van der Waals surface area contributed by atoms with Crippen LogP contribution in [0.1, 0.15) is 46.0 Å². The van der Waals surface area contributed by atoms with Crippen LogP contribution in [0.2, 0.25) is 0 Å². The maximum atomic E-state index is 12.9. The van der Waals surface area contributed by atoms with Crippen LogP contribution in [0, 0.1) is 5.41 Å². The lowest BCUT2D eigenvalue weighted by Gasteiger charge is -2.42. The maximum Gasteiger partial charge on any atom is 0.329 e. The lowest BCUT2D eigenvalue weighted by Crippen LogP contribution is -2.58. The van der Waals surface area contributed by atoms with Gasteiger partial charge < -0.3 is 15.3 Å². The Hall–Kier alpha value is -1.10. The third kappa shape index (κ3) is 2.24. The Morgan fingerprint density at radius 1 is 1.32 bits per heavy atom. The van der Waals surface area contributed by atoms with E-state index in [1.54, 1.807) is 11.8 Å². The fourth-order valence-electron chi connectivity index (χ4n) is 3.40. The van der Waals surface area contributed by atoms with Crippen molar-refractivity contribution in [1.29, 1.82) is 0 Å². The van der Waals surface area contributed by atoms with Crippen molar-refractivity contribution in [2.24, 2.45) is 5.41 Å². The topological polar surface area (TPSA) is 69.6 Å². The van der Waals surface area contributed by atoms with Gasteiger partial charge in [0.1, 0.15) is 5.54 Å². The average molecular weight is 268 g/mol. The molecule has 2 atom stereocenters. The largest absolute Gasteiger partial charge is 0.480 e. The number of carboxylic acid groups (broad SMARTS) is 1. The summed E-state index contributed by atoms with van der Waals surface area (Å²) in [5, 5.41) is 12.7. The second-order valence-electron chi connectivity index (χ2n) is 6.05. The monoisotopic (exact) mass is 268 g/mol. The SMILES string of the molecule is CCC1(C(=O)N2CCCC2(C)C(=O)O)CCCNC1. The summed E-state index contributed by atoms with van der Waals surface area (Å²) >= 11 is 0. The Balaban J connectivity index is 2.24. The fourth-order valence-corrected chi connectivity index (χ4v) is 3.40. The van der Waals surface area contributed by atoms with Crippen LogP contribution < -0.4 is 5.32 Å². The number of amides is 1. The minimum atomic E-state index is -1.02. The van der Waals surface area contributed by atoms with E-state index in [4.69, 9.17) is 0 Å². The zero-order valence-electron chi connectivity index (χ0n) is 11.9. The highest BCUT2D eigenvalue weighted by Gasteiger charge is 2.51. The number of carbonyl (C=O) groups excluding carboxylic acids is 1. The molecule has 0 aliphatic carbocycles. The van der Waals surface area contributed by atoms with E-state index in [1.807, 2.05) is 6.92 Å². The minimum Gasteiger partial charge on any atom is -0.480 e. The van der Waals surface area contributed by atoms with Gasteiger partial charge >= 0.3 is 5.97 Å². The molecule has 0 aromatic rings. The van der Waals surface area contributed by atoms with Gasteiger partial charge in [-0.3, -0.25) is 4.79 Å². The van der Waals surface area contributed by atoms with Crippen molar-refractivity contribution in [3.63, 3.8) is 0 Å². The Kier molecular flexibility index (Phi) is 3.85. The maximum absolute atomic E-state index is 12.9. The number of carboxylic acids is 1. The highest BCUT2D eigenvalue weighted by molar-refractivity contribution is 5.90. The summed E-state index contributed by atoms with van der Waals surface area (Å²) in [6.07, 6.45) is 3.95. The van der Waals surface area contributed by atoms with Crippen LogP contribution in [0.3, 0.4) is 0 Å². The van der Waals surface area contributed by atoms with Gasteiger partial charge in [0, 0.05) is 13.1 Å². The van der Waals surface area contributed by atoms with E-state index in [0.29, 0.717) is 19.5 Å². The fraction of sp³-hybridized carbons (Fsp3) is 0.857. The Morgan fingerprint density at radius 2 is 2.05 bits per heavy atom. The Morgan fingerprint density at radius 3 is 2.58 bits per heavy atom. The van der Waals surface area contributed by atoms with Gasteiger partial charge in [0.25, 0.3) is 0 Å². The van der Waals surface area contributed by atoms with Crippen LogP contribution in [0.15, 0.2) is 0 Å². The molecule has 2 heterocycles. The lowest BCUT2D eigenvalue weighted by atomic mass is 9.76. The predicted octanol–water partition coefficient (Wildman–Crippen LogP) is 1.23. The first-order valence-electron chi connectivity index (χ1n) is 7.22. The van der Waals surface area contributed by atoms with Crippen molar-refractivity contribution in [3.05, 3.63) is 0 Å². The van der Waals surface area contributed by atoms with Gasteiger partial charge in [-0.15, -0.1) is 0 Å². The van der Waals surface area contributed by atoms with Crippen LogP contribution in [-0.4, -0.2) is 47.1 Å². The number of nitrogens with one attached hydrogen (secondary N) is 1. The standard InChI is InChI=1S/C14H24N2O3/c1-3-14(7-4-8-15-10-14)11(17)16-9-5-6-13(16,2)12(18)19/h15H,3-10H2,1-2H3,(H,18,19). The molecule has 108 valence electrons. The second kappa shape index (κ2) is 5.12. The molecule has 2 N–H and O–H groups in total. The first kappa shape index (κ1) is 14.3. The van der Waals surface area contributed by atoms with Crippen molar-refractivity contribution in [2.75, 3.05) is 19.6 Å². The number of nitrogens with zero attached hydrogens (tertiary/aromatic N) is 1. The molecule has 0 bridgehead atoms. The molecule has 0 aromatic carbocycles. The first-order chi connectivity index (χ1) is 8.96. The van der Waals surface area contributed by atoms with Gasteiger partial charge in [0.15, 0.2) is 0 Å². The third-order valence-corrected chi connectivity index (χ3v) is 4.95. The zero-order chi connectivity index (χ0) is 14.1. The zero-order valence-corrected chi connectivity index (χ0v) is 11.9. The van der Waals surface area contributed by atoms with Crippen LogP contribution in [0.5, 0.6) is 0 Å². The normalized spacial score (nSPS) is 35.4. The molecule has 2 fully saturated rings. The summed E-state index contributed by atoms with van der Waals surface area (Å²) in [6, 6.07) is 0. The molecule has 5 nitrogen and oxygen atoms in total. The summed E-state index contributed by atoms with van der Waals surface area (Å²) in [5.74, 6) is -0.849. The van der Waals surface area contributed by atoms with Crippen molar-refractivity contribution in [1.82, 2.24) is 10.2 Å². The molecule has 5 heteroatoms. The number of aliphatic carboxylic acids is 1. The summed E-state index contributed by atoms with van der Waals surface area (Å²) in [7, 11) is 0. The lowest BCUT2D eigenvalue weighted by molar-refractivity contribution is -0.160. The molecule has 19 heavy (non-hydrogen) atoms. The molecule has 0 aromatic heterocycles. The molecular weight excluding hydrogens is 244 g/mol. The molecular formula is C14H24N2O3. The van der Waals surface area contributed by atoms with Crippen LogP contribution in [-0.2, 0) is 9.59 Å². The van der Waals surface area contributed by atoms with E-state index in [-0.39, 0.29) is 5.91 Å². The smallest absolute Gasteiger partial charge is 0.329 e. The van der Waals surface area contributed by atoms with Crippen molar-refractivity contribution >= 4 is 11.9 Å². The van der Waals surface area contributed by atoms with Gasteiger partial charge in [-0.25, -0.2) is 4.79 Å². The molecule has 2 saturated heterocycles. The molecule has 2 aliphatic heterocycles. The van der Waals surface area contributed by atoms with Crippen molar-refractivity contribution in [2.45, 2.75) is 51.5 Å². The van der Waals surface area contributed by atoms with Gasteiger partial charge in [-0.1, -0.05) is 6.92 Å². The minimum absolute atomic E-state index is 0.0320. The summed E-state index contributed by atoms with van der Waals surface area (Å²) in [4.78, 5) is 26.0. The van der Waals surface area contributed by atoms with Crippen LogP contribution >= 0.6 is 0 Å². The highest BCUT2D eigenvalue weighted by atomic mass is 16.4. The highest BCUT2D eigenvalue weighted by Crippen LogP contribution is 2.38. The second-order valence-corrected chi connectivity index (χ2v) is 6.05. The number of likely N-dealkylation sites (tertiary alicyclic amines) is 1. The van der Waals surface area contributed by atoms with Gasteiger partial charge in [-0.05, 0) is 45.6 Å². The Bertz CT molecular complexity index is 377. The van der Waals surface area contributed by atoms with E-state index < -0.39 is 16.9 Å². The van der Waals surface area contributed by atoms with E-state index in [9.17, 15) is 14.7 Å². The first-order valence-corrected chi connectivity index (χ1v) is 7.22. The molecule has 2 aliphatic rings. The number of rotatable bonds is 3. The summed E-state index contributed by atoms with van der Waals surface area (Å²) < 4.78 is 0. The summed E-state index contributed by atoms with van der Waals surface area (Å²) in [5.41, 5.74) is -1.42. The number of piperidine rings is 1. The van der Waals surface area contributed by atoms with E-state index in [1.165, 1.54) is 0 Å². The molecule has 0 saturated carbocycles. The van der Waals surface area contributed by atoms with Gasteiger partial charge in [-0.2, -0.15) is 0 Å². The van der Waals surface area contributed by atoms with Crippen molar-refractivity contribution < 1.29 is 14.7 Å². The molecule has 0 spiro atoms. The predicted molar refractivity (Wildman–Crippen MR) is 71.8 cm³/mol. The average Bonchev–Trinajstić information content (AvgIpc) is 2.82. The molecule has 2 rings (SSSR count). The van der Waals surface area contributed by atoms with E-state index in [0.717, 1.165) is 32.2 Å². The summed E-state index contributed by atoms with van der Waals surface area (Å²) in [6.45, 7) is 5.90. The molecule has 0 radical (unpaired) electrons. The number of hydrogen-bond donors (Lipinski definition) is 2. The number of carbonyl (C=O) groups is 2. The molecule has 1 amide bonds. The number of hydrogen-bond acceptors (Lipinski definition) is 3. The Labute approximate surface area is 114 Å². The van der Waals surface area contributed by atoms with Gasteiger partial charge in [0.05, 0.1) is 5.41 Å². The van der Waals surface area contributed by atoms with Crippen LogP contribution in [0.4, 0.5) is 0 Å². The quantitative estimate of drug-likeness (QED) is 0.808. The van der Waals surface area contributed by atoms with Gasteiger partial charge in [0.2, 0.25) is 5.91 Å². The molecule has 2 unspecified atom stereocenters. The van der Waals surface area contributed by atoms with Crippen LogP contribution in [0.25, 0.3) is 0 Å². The third-order valence-electron chi connectivity index (χ3n) is 4.95. The van der Waals surface area contributed by atoms with Crippen molar-refractivity contribution in [3.8, 4) is 0 Å².